The molecule has 10 heteroatoms. The second-order valence-electron chi connectivity index (χ2n) is 12.8. The molecule has 1 aliphatic heterocycles. The van der Waals surface area contributed by atoms with Crippen LogP contribution >= 0.6 is 0 Å². The highest BCUT2D eigenvalue weighted by Gasteiger charge is 2.53. The maximum atomic E-state index is 14.3. The van der Waals surface area contributed by atoms with Crippen molar-refractivity contribution >= 4 is 17.7 Å². The van der Waals surface area contributed by atoms with Crippen LogP contribution in [0.3, 0.4) is 0 Å². The Morgan fingerprint density at radius 3 is 2.41 bits per heavy atom. The average molecular weight is 639 g/mol. The van der Waals surface area contributed by atoms with Crippen LogP contribution in [0.15, 0.2) is 54.6 Å². The predicted octanol–water partition coefficient (Wildman–Crippen LogP) is 3.46. The number of nitrogens with zero attached hydrogens (tertiary/aromatic N) is 1. The number of carbonyl (C=O) groups is 3. The maximum absolute atomic E-state index is 14.3. The second-order valence-corrected chi connectivity index (χ2v) is 12.8. The second kappa shape index (κ2) is 18.0. The van der Waals surface area contributed by atoms with Crippen molar-refractivity contribution in [3.8, 4) is 5.75 Å². The summed E-state index contributed by atoms with van der Waals surface area (Å²) in [6.45, 7) is 9.05. The molecule has 5 atom stereocenters. The standard InChI is InChI=1S/C36H54N4O6/c1-7-26(4)36(39-33(42)24-45-5)18-19-40(35(36)44)31(17-16-27-12-9-8-10-13-27)34(43)38-30(20-25(2)3)32(41)23-37-22-28-14-11-15-29(21-28)46-6/h8-15,21,25-26,30-32,37,41H,7,16-20,22-24H2,1-6H3,(H,38,43)(H,39,42)/t26-,30+,31-,32?,36?/m0/s1. The number of hydrogen-bond donors (Lipinski definition) is 4. The zero-order valence-electron chi connectivity index (χ0n) is 28.4. The summed E-state index contributed by atoms with van der Waals surface area (Å²) in [5.74, 6) is -0.0768. The Kier molecular flexibility index (Phi) is 14.5. The van der Waals surface area contributed by atoms with Crippen LogP contribution in [0.2, 0.25) is 0 Å². The molecule has 0 aliphatic carbocycles. The van der Waals surface area contributed by atoms with Gasteiger partial charge in [-0.05, 0) is 60.8 Å². The topological polar surface area (TPSA) is 129 Å². The lowest BCUT2D eigenvalue weighted by atomic mass is 9.81. The third-order valence-corrected chi connectivity index (χ3v) is 9.04. The van der Waals surface area contributed by atoms with Gasteiger partial charge in [0.2, 0.25) is 17.7 Å². The summed E-state index contributed by atoms with van der Waals surface area (Å²) in [6.07, 6.45) is 1.79. The third kappa shape index (κ3) is 10.0. The van der Waals surface area contributed by atoms with E-state index in [1.165, 1.54) is 7.11 Å². The van der Waals surface area contributed by atoms with Crippen molar-refractivity contribution in [1.29, 1.82) is 0 Å². The van der Waals surface area contributed by atoms with E-state index in [0.29, 0.717) is 45.2 Å². The van der Waals surface area contributed by atoms with Gasteiger partial charge in [0.05, 0.1) is 19.3 Å². The van der Waals surface area contributed by atoms with Gasteiger partial charge in [-0.2, -0.15) is 0 Å². The van der Waals surface area contributed by atoms with Crippen molar-refractivity contribution in [3.05, 3.63) is 65.7 Å². The number of methoxy groups -OCH3 is 2. The fourth-order valence-corrected chi connectivity index (χ4v) is 6.28. The monoisotopic (exact) mass is 638 g/mol. The van der Waals surface area contributed by atoms with E-state index in [0.717, 1.165) is 16.9 Å². The van der Waals surface area contributed by atoms with Crippen molar-refractivity contribution in [3.63, 3.8) is 0 Å². The highest BCUT2D eigenvalue weighted by molar-refractivity contribution is 5.97. The Hall–Kier alpha value is -3.47. The van der Waals surface area contributed by atoms with Crippen molar-refractivity contribution in [1.82, 2.24) is 20.9 Å². The highest BCUT2D eigenvalue weighted by atomic mass is 16.5. The molecule has 10 nitrogen and oxygen atoms in total. The number of nitrogens with one attached hydrogen (secondary N) is 3. The molecule has 254 valence electrons. The van der Waals surface area contributed by atoms with Crippen LogP contribution in [-0.4, -0.2) is 85.4 Å². The third-order valence-electron chi connectivity index (χ3n) is 9.04. The van der Waals surface area contributed by atoms with Gasteiger partial charge in [0.1, 0.15) is 23.9 Å². The quantitative estimate of drug-likeness (QED) is 0.186. The molecule has 2 aromatic rings. The molecule has 2 aromatic carbocycles. The number of hydrogen-bond acceptors (Lipinski definition) is 7. The molecule has 0 spiro atoms. The van der Waals surface area contributed by atoms with Crippen molar-refractivity contribution < 1.29 is 29.0 Å². The highest BCUT2D eigenvalue weighted by Crippen LogP contribution is 2.34. The van der Waals surface area contributed by atoms with Crippen molar-refractivity contribution in [2.75, 3.05) is 33.9 Å². The normalized spacial score (nSPS) is 19.0. The molecule has 1 saturated heterocycles. The number of aliphatic hydroxyl groups excluding tert-OH is 1. The fourth-order valence-electron chi connectivity index (χ4n) is 6.28. The molecule has 1 heterocycles. The molecule has 3 amide bonds. The number of aliphatic hydroxyl groups is 1. The van der Waals surface area contributed by atoms with Gasteiger partial charge < -0.3 is 35.4 Å². The van der Waals surface area contributed by atoms with Crippen LogP contribution in [0, 0.1) is 11.8 Å². The summed E-state index contributed by atoms with van der Waals surface area (Å²) >= 11 is 0. The first kappa shape index (κ1) is 37.0. The first-order valence-corrected chi connectivity index (χ1v) is 16.5. The molecule has 1 fully saturated rings. The molecule has 3 rings (SSSR count). The van der Waals surface area contributed by atoms with Crippen LogP contribution in [0.25, 0.3) is 0 Å². The predicted molar refractivity (Wildman–Crippen MR) is 179 cm³/mol. The number of carbonyl (C=O) groups excluding carboxylic acids is 3. The van der Waals surface area contributed by atoms with Gasteiger partial charge in [-0.1, -0.05) is 76.6 Å². The Bertz CT molecular complexity index is 1260. The van der Waals surface area contributed by atoms with Crippen LogP contribution in [-0.2, 0) is 32.1 Å². The summed E-state index contributed by atoms with van der Waals surface area (Å²) in [6, 6.07) is 16.3. The summed E-state index contributed by atoms with van der Waals surface area (Å²) in [4.78, 5) is 42.8. The molecule has 0 bridgehead atoms. The summed E-state index contributed by atoms with van der Waals surface area (Å²) < 4.78 is 10.3. The molecular formula is C36H54N4O6. The first-order chi connectivity index (χ1) is 22.0. The zero-order chi connectivity index (χ0) is 33.7. The van der Waals surface area contributed by atoms with Crippen LogP contribution in [0.1, 0.15) is 64.5 Å². The van der Waals surface area contributed by atoms with Gasteiger partial charge in [-0.25, -0.2) is 0 Å². The van der Waals surface area contributed by atoms with E-state index in [9.17, 15) is 19.5 Å². The van der Waals surface area contributed by atoms with Crippen LogP contribution in [0.4, 0.5) is 0 Å². The molecule has 2 unspecified atom stereocenters. The van der Waals surface area contributed by atoms with E-state index in [1.54, 1.807) is 12.0 Å². The molecular weight excluding hydrogens is 584 g/mol. The number of ether oxygens (including phenoxy) is 2. The summed E-state index contributed by atoms with van der Waals surface area (Å²) in [7, 11) is 3.07. The Labute approximate surface area is 274 Å². The van der Waals surface area contributed by atoms with Gasteiger partial charge in [0, 0.05) is 26.7 Å². The number of likely N-dealkylation sites (tertiary alicyclic amines) is 1. The van der Waals surface area contributed by atoms with Gasteiger partial charge in [0.15, 0.2) is 0 Å². The van der Waals surface area contributed by atoms with E-state index in [-0.39, 0.29) is 42.7 Å². The van der Waals surface area contributed by atoms with E-state index < -0.39 is 23.7 Å². The van der Waals surface area contributed by atoms with Crippen LogP contribution in [0.5, 0.6) is 5.75 Å². The van der Waals surface area contributed by atoms with Gasteiger partial charge in [-0.15, -0.1) is 0 Å². The number of aryl methyl sites for hydroxylation is 1. The molecule has 0 radical (unpaired) electrons. The molecule has 46 heavy (non-hydrogen) atoms. The van der Waals surface area contributed by atoms with Gasteiger partial charge in [-0.3, -0.25) is 14.4 Å². The Balaban J connectivity index is 1.81. The Morgan fingerprint density at radius 1 is 1.04 bits per heavy atom. The molecule has 0 saturated carbocycles. The largest absolute Gasteiger partial charge is 0.497 e. The smallest absolute Gasteiger partial charge is 0.249 e. The lowest BCUT2D eigenvalue weighted by Crippen LogP contribution is -2.61. The number of benzene rings is 2. The molecule has 0 aromatic heterocycles. The van der Waals surface area contributed by atoms with E-state index in [4.69, 9.17) is 9.47 Å². The average Bonchev–Trinajstić information content (AvgIpc) is 3.36. The van der Waals surface area contributed by atoms with Crippen molar-refractivity contribution in [2.24, 2.45) is 11.8 Å². The SMILES string of the molecule is CC[C@H](C)C1(NC(=O)COC)CCN([C@@H](CCc2ccccc2)C(=O)N[C@H](CC(C)C)C(O)CNCc2cccc(OC)c2)C1=O. The minimum Gasteiger partial charge on any atom is -0.497 e. The van der Waals surface area contributed by atoms with Crippen LogP contribution < -0.4 is 20.7 Å². The van der Waals surface area contributed by atoms with Gasteiger partial charge >= 0.3 is 0 Å². The molecule has 4 N–H and O–H groups in total. The maximum Gasteiger partial charge on any atom is 0.249 e. The molecule has 1 aliphatic rings. The van der Waals surface area contributed by atoms with E-state index in [1.807, 2.05) is 68.4 Å². The minimum atomic E-state index is -1.11. The summed E-state index contributed by atoms with van der Waals surface area (Å²) in [5, 5.41) is 20.7. The lowest BCUT2D eigenvalue weighted by molar-refractivity contribution is -0.145. The first-order valence-electron chi connectivity index (χ1n) is 16.5. The number of amides is 3. The number of rotatable bonds is 19. The summed E-state index contributed by atoms with van der Waals surface area (Å²) in [5.41, 5.74) is 0.970. The van der Waals surface area contributed by atoms with Crippen molar-refractivity contribution in [2.45, 2.75) is 90.1 Å². The Morgan fingerprint density at radius 2 is 1.76 bits per heavy atom. The zero-order valence-corrected chi connectivity index (χ0v) is 28.4. The fraction of sp³-hybridized carbons (Fsp3) is 0.583. The van der Waals surface area contributed by atoms with E-state index >= 15 is 0 Å². The minimum absolute atomic E-state index is 0.144. The van der Waals surface area contributed by atoms with E-state index in [2.05, 4.69) is 29.8 Å². The lowest BCUT2D eigenvalue weighted by Gasteiger charge is -2.36. The van der Waals surface area contributed by atoms with Gasteiger partial charge in [0.25, 0.3) is 0 Å².